The van der Waals surface area contributed by atoms with Crippen LogP contribution in [0.1, 0.15) is 33.4 Å². The lowest BCUT2D eigenvalue weighted by molar-refractivity contribution is 0.0700. The van der Waals surface area contributed by atoms with Gasteiger partial charge in [-0.3, -0.25) is 4.79 Å². The molecule has 0 aliphatic carbocycles. The fourth-order valence-electron chi connectivity index (χ4n) is 2.95. The summed E-state index contributed by atoms with van der Waals surface area (Å²) in [5, 5.41) is 4.17. The number of esters is 1. The Morgan fingerprint density at radius 1 is 0.935 bits per heavy atom. The van der Waals surface area contributed by atoms with Crippen molar-refractivity contribution in [3.8, 4) is 11.4 Å². The van der Waals surface area contributed by atoms with Crippen LogP contribution in [0.3, 0.4) is 0 Å². The molecule has 1 N–H and O–H groups in total. The summed E-state index contributed by atoms with van der Waals surface area (Å²) in [6.45, 7) is 1.72. The summed E-state index contributed by atoms with van der Waals surface area (Å²) in [5.74, 6) is -0.544. The highest BCUT2D eigenvalue weighted by atomic mass is 16.5. The lowest BCUT2D eigenvalue weighted by Gasteiger charge is -2.09. The van der Waals surface area contributed by atoms with Gasteiger partial charge in [-0.25, -0.2) is 10.2 Å². The number of ether oxygens (including phenoxy) is 1. The first kappa shape index (κ1) is 19.9. The highest BCUT2D eigenvalue weighted by Crippen LogP contribution is 2.20. The van der Waals surface area contributed by atoms with Gasteiger partial charge in [-0.2, -0.15) is 5.10 Å². The van der Waals surface area contributed by atoms with Crippen molar-refractivity contribution in [3.63, 3.8) is 0 Å². The molecule has 7 heteroatoms. The maximum absolute atomic E-state index is 12.5. The zero-order chi connectivity index (χ0) is 21.6. The Balaban J connectivity index is 1.46. The normalized spacial score (nSPS) is 11.2. The van der Waals surface area contributed by atoms with Gasteiger partial charge in [0.1, 0.15) is 5.75 Å². The Labute approximate surface area is 178 Å². The topological polar surface area (TPSA) is 85.8 Å². The van der Waals surface area contributed by atoms with Crippen LogP contribution in [0.25, 0.3) is 5.69 Å². The first-order chi connectivity index (χ1) is 15.1. The fourth-order valence-corrected chi connectivity index (χ4v) is 2.95. The van der Waals surface area contributed by atoms with Gasteiger partial charge in [-0.05, 0) is 67.6 Å². The first-order valence-electron chi connectivity index (χ1n) is 9.55. The molecule has 2 aromatic carbocycles. The maximum atomic E-state index is 12.5. The summed E-state index contributed by atoms with van der Waals surface area (Å²) >= 11 is 0. The lowest BCUT2D eigenvalue weighted by Crippen LogP contribution is -2.19. The first-order valence-corrected chi connectivity index (χ1v) is 9.55. The van der Waals surface area contributed by atoms with Crippen molar-refractivity contribution in [3.05, 3.63) is 108 Å². The number of carbonyl (C=O) groups excluding carboxylic acids is 2. The highest BCUT2D eigenvalue weighted by molar-refractivity contribution is 6.03. The standard InChI is InChI=1S/C24H19N3O4/c1-17(20-7-2-3-8-21(20)31-24(29)22-9-6-16-30-22)25-26-23(28)18-10-12-19(13-11-18)27-14-4-5-15-27/h2-16H,1H3,(H,26,28)/b25-17+. The van der Waals surface area contributed by atoms with Crippen molar-refractivity contribution >= 4 is 17.6 Å². The third-order valence-corrected chi connectivity index (χ3v) is 4.56. The molecule has 0 aliphatic heterocycles. The highest BCUT2D eigenvalue weighted by Gasteiger charge is 2.15. The molecule has 2 aromatic heterocycles. The third-order valence-electron chi connectivity index (χ3n) is 4.56. The molecular weight excluding hydrogens is 394 g/mol. The minimum Gasteiger partial charge on any atom is -0.457 e. The van der Waals surface area contributed by atoms with Crippen LogP contribution < -0.4 is 10.2 Å². The Morgan fingerprint density at radius 3 is 2.39 bits per heavy atom. The van der Waals surface area contributed by atoms with Crippen molar-refractivity contribution in [2.24, 2.45) is 5.10 Å². The van der Waals surface area contributed by atoms with Gasteiger partial charge in [0.25, 0.3) is 5.91 Å². The van der Waals surface area contributed by atoms with Crippen LogP contribution in [0.4, 0.5) is 0 Å². The predicted molar refractivity (Wildman–Crippen MR) is 116 cm³/mol. The molecule has 4 aromatic rings. The van der Waals surface area contributed by atoms with E-state index in [4.69, 9.17) is 9.15 Å². The molecule has 4 rings (SSSR count). The quantitative estimate of drug-likeness (QED) is 0.219. The number of carbonyl (C=O) groups is 2. The molecule has 0 unspecified atom stereocenters. The van der Waals surface area contributed by atoms with E-state index >= 15 is 0 Å². The van der Waals surface area contributed by atoms with Gasteiger partial charge in [-0.15, -0.1) is 0 Å². The summed E-state index contributed by atoms with van der Waals surface area (Å²) in [5.41, 5.74) is 5.03. The number of aromatic nitrogens is 1. The number of nitrogens with zero attached hydrogens (tertiary/aromatic N) is 2. The number of benzene rings is 2. The Bertz CT molecular complexity index is 1210. The monoisotopic (exact) mass is 413 g/mol. The molecule has 31 heavy (non-hydrogen) atoms. The second-order valence-corrected chi connectivity index (χ2v) is 6.64. The van der Waals surface area contributed by atoms with E-state index in [2.05, 4.69) is 10.5 Å². The summed E-state index contributed by atoms with van der Waals surface area (Å²) in [4.78, 5) is 24.7. The van der Waals surface area contributed by atoms with E-state index in [0.29, 0.717) is 22.6 Å². The molecule has 154 valence electrons. The van der Waals surface area contributed by atoms with Gasteiger partial charge in [0.2, 0.25) is 5.76 Å². The molecule has 0 spiro atoms. The molecular formula is C24H19N3O4. The number of hydrazone groups is 1. The van der Waals surface area contributed by atoms with Crippen LogP contribution in [0.2, 0.25) is 0 Å². The van der Waals surface area contributed by atoms with Crippen molar-refractivity contribution in [1.82, 2.24) is 9.99 Å². The van der Waals surface area contributed by atoms with Gasteiger partial charge in [0, 0.05) is 29.2 Å². The SMILES string of the molecule is C/C(=N\NC(=O)c1ccc(-n2cccc2)cc1)c1ccccc1OC(=O)c1ccco1. The van der Waals surface area contributed by atoms with Crippen LogP contribution >= 0.6 is 0 Å². The van der Waals surface area contributed by atoms with Crippen molar-refractivity contribution < 1.29 is 18.7 Å². The van der Waals surface area contributed by atoms with Gasteiger partial charge in [0.05, 0.1) is 12.0 Å². The zero-order valence-electron chi connectivity index (χ0n) is 16.7. The fraction of sp³-hybridized carbons (Fsp3) is 0.0417. The second-order valence-electron chi connectivity index (χ2n) is 6.64. The average Bonchev–Trinajstić information content (AvgIpc) is 3.52. The van der Waals surface area contributed by atoms with Crippen molar-refractivity contribution in [2.75, 3.05) is 0 Å². The van der Waals surface area contributed by atoms with E-state index < -0.39 is 5.97 Å². The van der Waals surface area contributed by atoms with E-state index in [1.54, 1.807) is 49.4 Å². The van der Waals surface area contributed by atoms with Crippen LogP contribution in [-0.4, -0.2) is 22.2 Å². The molecule has 7 nitrogen and oxygen atoms in total. The van der Waals surface area contributed by atoms with E-state index in [9.17, 15) is 9.59 Å². The number of amides is 1. The van der Waals surface area contributed by atoms with Crippen LogP contribution in [0.15, 0.2) is 101 Å². The van der Waals surface area contributed by atoms with Crippen molar-refractivity contribution in [2.45, 2.75) is 6.92 Å². The van der Waals surface area contributed by atoms with Gasteiger partial charge < -0.3 is 13.7 Å². The van der Waals surface area contributed by atoms with Crippen LogP contribution in [0.5, 0.6) is 5.75 Å². The lowest BCUT2D eigenvalue weighted by atomic mass is 10.1. The number of hydrogen-bond donors (Lipinski definition) is 1. The van der Waals surface area contributed by atoms with Crippen molar-refractivity contribution in [1.29, 1.82) is 0 Å². The van der Waals surface area contributed by atoms with E-state index in [-0.39, 0.29) is 11.7 Å². The Morgan fingerprint density at radius 2 is 1.68 bits per heavy atom. The number of rotatable bonds is 6. The molecule has 1 amide bonds. The van der Waals surface area contributed by atoms with E-state index in [1.165, 1.54) is 12.3 Å². The summed E-state index contributed by atoms with van der Waals surface area (Å²) in [7, 11) is 0. The summed E-state index contributed by atoms with van der Waals surface area (Å²) in [6, 6.07) is 21.1. The van der Waals surface area contributed by atoms with Gasteiger partial charge in [0.15, 0.2) is 0 Å². The molecule has 2 heterocycles. The zero-order valence-corrected chi connectivity index (χ0v) is 16.7. The van der Waals surface area contributed by atoms with Gasteiger partial charge >= 0.3 is 5.97 Å². The van der Waals surface area contributed by atoms with Crippen LogP contribution in [-0.2, 0) is 0 Å². The molecule has 0 radical (unpaired) electrons. The van der Waals surface area contributed by atoms with E-state index in [0.717, 1.165) is 5.69 Å². The minimum atomic E-state index is -0.614. The molecule has 0 saturated heterocycles. The third kappa shape index (κ3) is 4.62. The number of furan rings is 1. The number of nitrogens with one attached hydrogen (secondary N) is 1. The average molecular weight is 413 g/mol. The van der Waals surface area contributed by atoms with E-state index in [1.807, 2.05) is 41.2 Å². The molecule has 0 fully saturated rings. The maximum Gasteiger partial charge on any atom is 0.379 e. The second kappa shape index (κ2) is 8.96. The van der Waals surface area contributed by atoms with Crippen LogP contribution in [0, 0.1) is 0 Å². The predicted octanol–water partition coefficient (Wildman–Crippen LogP) is 4.44. The summed E-state index contributed by atoms with van der Waals surface area (Å²) in [6.07, 6.45) is 5.26. The Hall–Kier alpha value is -4.39. The van der Waals surface area contributed by atoms with Gasteiger partial charge in [-0.1, -0.05) is 12.1 Å². The Kier molecular flexibility index (Phi) is 5.75. The molecule has 0 atom stereocenters. The number of para-hydroxylation sites is 1. The number of hydrogen-bond acceptors (Lipinski definition) is 5. The largest absolute Gasteiger partial charge is 0.457 e. The molecule has 0 bridgehead atoms. The smallest absolute Gasteiger partial charge is 0.379 e. The minimum absolute atomic E-state index is 0.0982. The summed E-state index contributed by atoms with van der Waals surface area (Å²) < 4.78 is 12.4. The molecule has 0 saturated carbocycles. The molecule has 0 aliphatic rings.